The molecule has 0 bridgehead atoms. The summed E-state index contributed by atoms with van der Waals surface area (Å²) in [6.07, 6.45) is -0.684. The van der Waals surface area contributed by atoms with Crippen LogP contribution >= 0.6 is 0 Å². The van der Waals surface area contributed by atoms with Crippen LogP contribution in [-0.2, 0) is 21.5 Å². The smallest absolute Gasteiger partial charge is 0.422 e. The first-order valence-electron chi connectivity index (χ1n) is 9.61. The van der Waals surface area contributed by atoms with E-state index in [9.17, 15) is 18.0 Å². The second kappa shape index (κ2) is 6.62. The topological polar surface area (TPSA) is 77.2 Å². The molecule has 2 aliphatic carbocycles. The molecule has 0 saturated heterocycles. The minimum Gasteiger partial charge on any atom is -0.484 e. The van der Waals surface area contributed by atoms with Crippen molar-refractivity contribution in [2.45, 2.75) is 49.9 Å². The Hall–Kier alpha value is -2.29. The quantitative estimate of drug-likeness (QED) is 0.830. The van der Waals surface area contributed by atoms with Crippen molar-refractivity contribution in [3.63, 3.8) is 0 Å². The maximum atomic E-state index is 13.4. The molecule has 9 heteroatoms. The van der Waals surface area contributed by atoms with Gasteiger partial charge in [0.25, 0.3) is 5.91 Å². The van der Waals surface area contributed by atoms with Gasteiger partial charge < -0.3 is 15.2 Å². The van der Waals surface area contributed by atoms with Gasteiger partial charge in [0.2, 0.25) is 0 Å². The van der Waals surface area contributed by atoms with E-state index in [-0.39, 0.29) is 23.7 Å². The number of carbonyl (C=O) groups is 1. The third kappa shape index (κ3) is 2.97. The van der Waals surface area contributed by atoms with Gasteiger partial charge in [-0.2, -0.15) is 13.2 Å². The summed E-state index contributed by atoms with van der Waals surface area (Å²) in [5.41, 5.74) is 5.84. The number of rotatable bonds is 3. The fourth-order valence-electron chi connectivity index (χ4n) is 5.16. The molecule has 2 spiro atoms. The molecule has 6 nitrogen and oxygen atoms in total. The van der Waals surface area contributed by atoms with Gasteiger partial charge in [-0.05, 0) is 55.4 Å². The average Bonchev–Trinajstić information content (AvgIpc) is 3.07. The molecule has 1 fully saturated rings. The molecule has 1 aromatic rings. The van der Waals surface area contributed by atoms with Gasteiger partial charge in [-0.15, -0.1) is 0 Å². The lowest BCUT2D eigenvalue weighted by molar-refractivity contribution is -0.153. The Bertz CT molecular complexity index is 862. The Morgan fingerprint density at radius 2 is 2.00 bits per heavy atom. The summed E-state index contributed by atoms with van der Waals surface area (Å²) in [6, 6.07) is 4.80. The van der Waals surface area contributed by atoms with E-state index in [1.807, 2.05) is 0 Å². The first-order chi connectivity index (χ1) is 13.6. The zero-order valence-electron chi connectivity index (χ0n) is 16.4. The van der Waals surface area contributed by atoms with Gasteiger partial charge in [-0.1, -0.05) is 6.07 Å². The van der Waals surface area contributed by atoms with E-state index in [4.69, 9.17) is 15.2 Å². The van der Waals surface area contributed by atoms with Crippen LogP contribution in [0.25, 0.3) is 0 Å². The van der Waals surface area contributed by atoms with E-state index in [1.54, 1.807) is 20.2 Å². The van der Waals surface area contributed by atoms with Crippen molar-refractivity contribution < 1.29 is 27.4 Å². The van der Waals surface area contributed by atoms with E-state index < -0.39 is 23.7 Å². The van der Waals surface area contributed by atoms with Crippen LogP contribution in [0.3, 0.4) is 0 Å². The minimum absolute atomic E-state index is 0.0687. The second-order valence-corrected chi connectivity index (χ2v) is 8.16. The number of halogens is 3. The average molecular weight is 411 g/mol. The summed E-state index contributed by atoms with van der Waals surface area (Å²) in [7, 11) is 3.25. The maximum Gasteiger partial charge on any atom is 0.422 e. The molecule has 1 heterocycles. The van der Waals surface area contributed by atoms with E-state index in [2.05, 4.69) is 4.99 Å². The van der Waals surface area contributed by atoms with Crippen molar-refractivity contribution in [1.82, 2.24) is 4.90 Å². The summed E-state index contributed by atoms with van der Waals surface area (Å²) >= 11 is 0. The lowest BCUT2D eigenvalue weighted by atomic mass is 9.61. The number of carbonyl (C=O) groups excluding carboxylic acids is 1. The van der Waals surface area contributed by atoms with Gasteiger partial charge in [0, 0.05) is 19.6 Å². The predicted molar refractivity (Wildman–Crippen MR) is 99.5 cm³/mol. The highest BCUT2D eigenvalue weighted by molar-refractivity contribution is 6.08. The predicted octanol–water partition coefficient (Wildman–Crippen LogP) is 2.74. The summed E-state index contributed by atoms with van der Waals surface area (Å²) in [5.74, 6) is -0.0468. The highest BCUT2D eigenvalue weighted by Gasteiger charge is 2.66. The number of methoxy groups -OCH3 is 1. The summed E-state index contributed by atoms with van der Waals surface area (Å²) in [6.45, 7) is -1.39. The van der Waals surface area contributed by atoms with Crippen LogP contribution in [0.4, 0.5) is 13.2 Å². The largest absolute Gasteiger partial charge is 0.484 e. The van der Waals surface area contributed by atoms with Crippen molar-refractivity contribution >= 4 is 11.9 Å². The first kappa shape index (κ1) is 20.0. The monoisotopic (exact) mass is 411 g/mol. The molecule has 0 radical (unpaired) electrons. The molecule has 0 aromatic heterocycles. The van der Waals surface area contributed by atoms with Crippen LogP contribution in [0.2, 0.25) is 0 Å². The van der Waals surface area contributed by atoms with E-state index >= 15 is 0 Å². The lowest BCUT2D eigenvalue weighted by Gasteiger charge is -2.45. The normalized spacial score (nSPS) is 31.5. The van der Waals surface area contributed by atoms with E-state index in [1.165, 1.54) is 17.0 Å². The van der Waals surface area contributed by atoms with Gasteiger partial charge >= 0.3 is 6.18 Å². The summed E-state index contributed by atoms with van der Waals surface area (Å²) < 4.78 is 48.2. The molecule has 1 saturated carbocycles. The number of amides is 1. The number of aliphatic imine (C=N–C) groups is 1. The Balaban J connectivity index is 1.78. The molecule has 1 atom stereocenters. The Morgan fingerprint density at radius 1 is 1.31 bits per heavy atom. The van der Waals surface area contributed by atoms with Crippen LogP contribution in [0.5, 0.6) is 5.75 Å². The van der Waals surface area contributed by atoms with Gasteiger partial charge in [-0.25, -0.2) is 4.99 Å². The zero-order valence-corrected chi connectivity index (χ0v) is 16.4. The third-order valence-electron chi connectivity index (χ3n) is 6.63. The minimum atomic E-state index is -4.44. The number of guanidine groups is 1. The van der Waals surface area contributed by atoms with E-state index in [0.717, 1.165) is 31.2 Å². The van der Waals surface area contributed by atoms with Crippen LogP contribution < -0.4 is 10.5 Å². The third-order valence-corrected chi connectivity index (χ3v) is 6.63. The molecule has 29 heavy (non-hydrogen) atoms. The fourth-order valence-corrected chi connectivity index (χ4v) is 5.16. The van der Waals surface area contributed by atoms with Crippen molar-refractivity contribution in [1.29, 1.82) is 0 Å². The highest BCUT2D eigenvalue weighted by Crippen LogP contribution is 2.62. The fraction of sp³-hybridized carbons (Fsp3) is 0.600. The number of benzene rings is 1. The molecule has 1 unspecified atom stereocenters. The van der Waals surface area contributed by atoms with Crippen molar-refractivity contribution in [2.24, 2.45) is 16.1 Å². The maximum absolute atomic E-state index is 13.4. The van der Waals surface area contributed by atoms with Crippen LogP contribution in [-0.4, -0.2) is 49.8 Å². The SMILES string of the molecule is COC1CCC2(CC1)Cc1ccc(OCC(F)(F)F)cc1C21N=C(N)N(C)C1=O. The van der Waals surface area contributed by atoms with Crippen LogP contribution in [0, 0.1) is 5.41 Å². The molecule has 4 rings (SSSR count). The molecule has 3 aliphatic rings. The van der Waals surface area contributed by atoms with Crippen molar-refractivity contribution in [2.75, 3.05) is 20.8 Å². The number of alkyl halides is 3. The number of hydrogen-bond donors (Lipinski definition) is 1. The number of nitrogens with zero attached hydrogens (tertiary/aromatic N) is 2. The molecular weight excluding hydrogens is 387 g/mol. The zero-order chi connectivity index (χ0) is 21.0. The van der Waals surface area contributed by atoms with Gasteiger partial charge in [0.1, 0.15) is 5.75 Å². The Morgan fingerprint density at radius 3 is 2.55 bits per heavy atom. The van der Waals surface area contributed by atoms with Crippen molar-refractivity contribution in [3.8, 4) is 5.75 Å². The summed E-state index contributed by atoms with van der Waals surface area (Å²) in [4.78, 5) is 19.4. The second-order valence-electron chi connectivity index (χ2n) is 8.16. The molecule has 1 aromatic carbocycles. The number of likely N-dealkylation sites (N-methyl/N-ethyl adjacent to an activating group) is 1. The van der Waals surface area contributed by atoms with Crippen LogP contribution in [0.1, 0.15) is 36.8 Å². The number of ether oxygens (including phenoxy) is 2. The van der Waals surface area contributed by atoms with Gasteiger partial charge in [0.15, 0.2) is 18.1 Å². The summed E-state index contributed by atoms with van der Waals surface area (Å²) in [5, 5.41) is 0. The molecule has 158 valence electrons. The van der Waals surface area contributed by atoms with Gasteiger partial charge in [-0.3, -0.25) is 9.69 Å². The number of fused-ring (bicyclic) bond motifs is 3. The lowest BCUT2D eigenvalue weighted by Crippen LogP contribution is -2.51. The Labute approximate surface area is 166 Å². The van der Waals surface area contributed by atoms with Crippen LogP contribution in [0.15, 0.2) is 23.2 Å². The van der Waals surface area contributed by atoms with E-state index in [0.29, 0.717) is 12.0 Å². The molecular formula is C20H24F3N3O3. The molecule has 1 aliphatic heterocycles. The number of hydrogen-bond acceptors (Lipinski definition) is 5. The van der Waals surface area contributed by atoms with Gasteiger partial charge in [0.05, 0.1) is 6.10 Å². The van der Waals surface area contributed by atoms with Crippen molar-refractivity contribution in [3.05, 3.63) is 29.3 Å². The number of nitrogens with two attached hydrogens (primary N) is 1. The highest BCUT2D eigenvalue weighted by atomic mass is 19.4. The first-order valence-corrected chi connectivity index (χ1v) is 9.61. The standard InChI is InChI=1S/C20H24F3N3O3/c1-26-16(27)20(25-17(26)24)15-9-14(29-11-19(21,22)23)4-3-12(15)10-18(20)7-5-13(28-2)6-8-18/h3-4,9,13H,5-8,10-11H2,1-2H3,(H2,24,25). The molecule has 1 amide bonds. The Kier molecular flexibility index (Phi) is 4.56. The molecule has 2 N–H and O–H groups in total.